The summed E-state index contributed by atoms with van der Waals surface area (Å²) in [7, 11) is 1.67. The molecule has 2 rings (SSSR count). The maximum atomic E-state index is 12.0. The molecule has 0 spiro atoms. The Kier molecular flexibility index (Phi) is 3.97. The molecule has 0 aliphatic heterocycles. The number of pyridine rings is 1. The Bertz CT molecular complexity index is 411. The number of aromatic nitrogens is 1. The maximum Gasteiger partial charge on any atom is 0.254 e. The van der Waals surface area contributed by atoms with Crippen molar-refractivity contribution in [2.75, 3.05) is 7.11 Å². The number of methoxy groups -OCH3 is 1. The van der Waals surface area contributed by atoms with Crippen LogP contribution in [0.5, 0.6) is 0 Å². The minimum absolute atomic E-state index is 0.0729. The number of nitrogens with one attached hydrogen (secondary N) is 1. The molecular formula is C12H15ClN2O2. The Balaban J connectivity index is 2.04. The molecule has 0 saturated heterocycles. The summed E-state index contributed by atoms with van der Waals surface area (Å²) in [6, 6.07) is 3.44. The van der Waals surface area contributed by atoms with Crippen LogP contribution in [0.1, 0.15) is 29.6 Å². The third-order valence-electron chi connectivity index (χ3n) is 3.08. The van der Waals surface area contributed by atoms with Gasteiger partial charge in [0.05, 0.1) is 17.7 Å². The van der Waals surface area contributed by atoms with Crippen LogP contribution in [-0.2, 0) is 4.74 Å². The van der Waals surface area contributed by atoms with E-state index in [4.69, 9.17) is 16.3 Å². The predicted octanol–water partition coefficient (Wildman–Crippen LogP) is 2.03. The Morgan fingerprint density at radius 2 is 2.41 bits per heavy atom. The molecule has 1 aromatic rings. The van der Waals surface area contributed by atoms with E-state index < -0.39 is 0 Å². The van der Waals surface area contributed by atoms with Gasteiger partial charge in [-0.25, -0.2) is 4.98 Å². The average molecular weight is 255 g/mol. The van der Waals surface area contributed by atoms with Crippen LogP contribution >= 0.6 is 11.6 Å². The molecule has 1 fully saturated rings. The van der Waals surface area contributed by atoms with Crippen molar-refractivity contribution in [1.29, 1.82) is 0 Å². The Hall–Kier alpha value is -1.13. The number of hydrogen-bond acceptors (Lipinski definition) is 3. The van der Waals surface area contributed by atoms with Gasteiger partial charge in [0.1, 0.15) is 5.15 Å². The molecule has 1 N–H and O–H groups in total. The number of hydrogen-bond donors (Lipinski definition) is 1. The highest BCUT2D eigenvalue weighted by Gasteiger charge is 2.29. The van der Waals surface area contributed by atoms with E-state index in [1.807, 2.05) is 0 Å². The lowest BCUT2D eigenvalue weighted by Crippen LogP contribution is -2.40. The fraction of sp³-hybridized carbons (Fsp3) is 0.500. The number of carbonyl (C=O) groups is 1. The van der Waals surface area contributed by atoms with Crippen LogP contribution in [0.25, 0.3) is 0 Å². The van der Waals surface area contributed by atoms with Gasteiger partial charge < -0.3 is 10.1 Å². The van der Waals surface area contributed by atoms with Gasteiger partial charge in [-0.1, -0.05) is 11.6 Å². The van der Waals surface area contributed by atoms with Crippen LogP contribution in [0.3, 0.4) is 0 Å². The molecule has 5 heteroatoms. The third kappa shape index (κ3) is 2.76. The number of carbonyl (C=O) groups excluding carboxylic acids is 1. The first kappa shape index (κ1) is 12.3. The van der Waals surface area contributed by atoms with E-state index in [1.165, 1.54) is 0 Å². The van der Waals surface area contributed by atoms with E-state index in [0.29, 0.717) is 5.56 Å². The van der Waals surface area contributed by atoms with E-state index in [9.17, 15) is 4.79 Å². The highest BCUT2D eigenvalue weighted by atomic mass is 35.5. The number of amides is 1. The smallest absolute Gasteiger partial charge is 0.254 e. The minimum Gasteiger partial charge on any atom is -0.379 e. The lowest BCUT2D eigenvalue weighted by atomic mass is 10.2. The highest BCUT2D eigenvalue weighted by molar-refractivity contribution is 6.32. The van der Waals surface area contributed by atoms with Crippen molar-refractivity contribution < 1.29 is 9.53 Å². The molecule has 0 aromatic carbocycles. The van der Waals surface area contributed by atoms with Crippen molar-refractivity contribution in [2.24, 2.45) is 0 Å². The number of nitrogens with zero attached hydrogens (tertiary/aromatic N) is 1. The van der Waals surface area contributed by atoms with E-state index in [1.54, 1.807) is 25.4 Å². The van der Waals surface area contributed by atoms with Gasteiger partial charge in [-0.15, -0.1) is 0 Å². The van der Waals surface area contributed by atoms with E-state index in [0.717, 1.165) is 19.3 Å². The van der Waals surface area contributed by atoms with Crippen LogP contribution in [0.4, 0.5) is 0 Å². The minimum atomic E-state index is -0.183. The molecule has 0 bridgehead atoms. The van der Waals surface area contributed by atoms with Crippen LogP contribution < -0.4 is 5.32 Å². The maximum absolute atomic E-state index is 12.0. The highest BCUT2D eigenvalue weighted by Crippen LogP contribution is 2.22. The molecule has 1 aliphatic carbocycles. The zero-order valence-corrected chi connectivity index (χ0v) is 10.4. The molecule has 92 valence electrons. The number of ether oxygens (including phenoxy) is 1. The van der Waals surface area contributed by atoms with Crippen LogP contribution in [0.15, 0.2) is 18.3 Å². The summed E-state index contributed by atoms with van der Waals surface area (Å²) in [5, 5.41) is 3.18. The van der Waals surface area contributed by atoms with Crippen LogP contribution in [-0.4, -0.2) is 30.1 Å². The molecule has 4 nitrogen and oxygen atoms in total. The fourth-order valence-corrected chi connectivity index (χ4v) is 2.38. The van der Waals surface area contributed by atoms with E-state index in [2.05, 4.69) is 10.3 Å². The second-order valence-corrected chi connectivity index (χ2v) is 4.48. The van der Waals surface area contributed by atoms with Crippen molar-refractivity contribution in [2.45, 2.75) is 31.4 Å². The van der Waals surface area contributed by atoms with E-state index in [-0.39, 0.29) is 23.2 Å². The third-order valence-corrected chi connectivity index (χ3v) is 3.38. The van der Waals surface area contributed by atoms with Crippen molar-refractivity contribution in [3.05, 3.63) is 29.0 Å². The van der Waals surface area contributed by atoms with Gasteiger partial charge in [-0.2, -0.15) is 0 Å². The van der Waals surface area contributed by atoms with Crippen molar-refractivity contribution >= 4 is 17.5 Å². The average Bonchev–Trinajstić information content (AvgIpc) is 2.76. The van der Waals surface area contributed by atoms with E-state index >= 15 is 0 Å². The molecule has 1 saturated carbocycles. The topological polar surface area (TPSA) is 51.2 Å². The van der Waals surface area contributed by atoms with Gasteiger partial charge >= 0.3 is 0 Å². The lowest BCUT2D eigenvalue weighted by Gasteiger charge is -2.19. The van der Waals surface area contributed by atoms with Crippen molar-refractivity contribution in [3.63, 3.8) is 0 Å². The van der Waals surface area contributed by atoms with Gasteiger partial charge in [-0.3, -0.25) is 4.79 Å². The van der Waals surface area contributed by atoms with Gasteiger partial charge in [0.2, 0.25) is 0 Å². The molecule has 2 unspecified atom stereocenters. The summed E-state index contributed by atoms with van der Waals surface area (Å²) in [5.41, 5.74) is 0.413. The first-order chi connectivity index (χ1) is 8.22. The first-order valence-corrected chi connectivity index (χ1v) is 6.04. The Morgan fingerprint density at radius 3 is 3.12 bits per heavy atom. The fourth-order valence-electron chi connectivity index (χ4n) is 2.17. The summed E-state index contributed by atoms with van der Waals surface area (Å²) in [6.07, 6.45) is 4.68. The predicted molar refractivity (Wildman–Crippen MR) is 65.1 cm³/mol. The second-order valence-electron chi connectivity index (χ2n) is 4.13. The molecule has 2 atom stereocenters. The Labute approximate surface area is 105 Å². The molecule has 17 heavy (non-hydrogen) atoms. The van der Waals surface area contributed by atoms with Gasteiger partial charge in [-0.05, 0) is 31.4 Å². The largest absolute Gasteiger partial charge is 0.379 e. The summed E-state index contributed by atoms with van der Waals surface area (Å²) in [6.45, 7) is 0. The molecular weight excluding hydrogens is 240 g/mol. The summed E-state index contributed by atoms with van der Waals surface area (Å²) in [4.78, 5) is 15.9. The zero-order valence-electron chi connectivity index (χ0n) is 9.65. The molecule has 1 aromatic heterocycles. The lowest BCUT2D eigenvalue weighted by molar-refractivity contribution is 0.0722. The van der Waals surface area contributed by atoms with Crippen molar-refractivity contribution in [3.8, 4) is 0 Å². The monoisotopic (exact) mass is 254 g/mol. The van der Waals surface area contributed by atoms with Crippen LogP contribution in [0, 0.1) is 0 Å². The molecule has 0 radical (unpaired) electrons. The molecule has 1 amide bonds. The SMILES string of the molecule is COC1CCCC1NC(=O)c1cccnc1Cl. The standard InChI is InChI=1S/C12H15ClN2O2/c1-17-10-6-2-5-9(10)15-12(16)8-4-3-7-14-11(8)13/h3-4,7,9-10H,2,5-6H2,1H3,(H,15,16). The first-order valence-electron chi connectivity index (χ1n) is 5.66. The van der Waals surface area contributed by atoms with Gasteiger partial charge in [0.25, 0.3) is 5.91 Å². The summed E-state index contributed by atoms with van der Waals surface area (Å²) >= 11 is 5.87. The summed E-state index contributed by atoms with van der Waals surface area (Å²) < 4.78 is 5.33. The normalized spacial score (nSPS) is 23.6. The number of halogens is 1. The Morgan fingerprint density at radius 1 is 1.59 bits per heavy atom. The van der Waals surface area contributed by atoms with Gasteiger partial charge in [0, 0.05) is 13.3 Å². The second kappa shape index (κ2) is 5.47. The summed E-state index contributed by atoms with van der Waals surface area (Å²) in [5.74, 6) is -0.183. The quantitative estimate of drug-likeness (QED) is 0.840. The number of rotatable bonds is 3. The zero-order chi connectivity index (χ0) is 12.3. The molecule has 1 aliphatic rings. The van der Waals surface area contributed by atoms with Gasteiger partial charge in [0.15, 0.2) is 0 Å². The van der Waals surface area contributed by atoms with Crippen LogP contribution in [0.2, 0.25) is 5.15 Å². The molecule has 1 heterocycles. The van der Waals surface area contributed by atoms with Crippen molar-refractivity contribution in [1.82, 2.24) is 10.3 Å².